The molecule has 1 fully saturated rings. The summed E-state index contributed by atoms with van der Waals surface area (Å²) in [7, 11) is 1.80. The third kappa shape index (κ3) is 5.16. The number of nitrogens with one attached hydrogen (secondary N) is 2. The Balaban J connectivity index is 1.32. The first-order valence-electron chi connectivity index (χ1n) is 13.4. The predicted molar refractivity (Wildman–Crippen MR) is 155 cm³/mol. The van der Waals surface area contributed by atoms with Gasteiger partial charge >= 0.3 is 6.03 Å². The van der Waals surface area contributed by atoms with Gasteiger partial charge in [-0.3, -0.25) is 0 Å². The highest BCUT2D eigenvalue weighted by Crippen LogP contribution is 2.45. The molecule has 2 heterocycles. The number of methoxy groups -OCH3 is 1. The molecule has 40 heavy (non-hydrogen) atoms. The van der Waals surface area contributed by atoms with E-state index in [0.29, 0.717) is 28.4 Å². The van der Waals surface area contributed by atoms with E-state index in [1.165, 1.54) is 0 Å². The molecule has 204 valence electrons. The quantitative estimate of drug-likeness (QED) is 0.276. The van der Waals surface area contributed by atoms with Gasteiger partial charge in [0.1, 0.15) is 23.1 Å². The second-order valence-electron chi connectivity index (χ2n) is 10.1. The van der Waals surface area contributed by atoms with Crippen LogP contribution in [0.15, 0.2) is 83.4 Å². The number of carbonyl (C=O) groups is 1. The van der Waals surface area contributed by atoms with Crippen molar-refractivity contribution in [1.82, 2.24) is 5.16 Å². The number of rotatable bonds is 7. The van der Waals surface area contributed by atoms with Crippen LogP contribution in [0, 0.1) is 31.1 Å². The molecule has 1 aliphatic heterocycles. The van der Waals surface area contributed by atoms with Crippen LogP contribution in [0.3, 0.4) is 0 Å². The molecule has 1 aliphatic rings. The van der Waals surface area contributed by atoms with Crippen LogP contribution in [-0.4, -0.2) is 31.4 Å². The Hall–Kier alpha value is -4.61. The van der Waals surface area contributed by atoms with Crippen LogP contribution in [0.5, 0.6) is 0 Å². The SMILES string of the molecule is COC(c1ccccc1)(c1ccccc1)C1CCN(c2ccc(NC(=O)Nc3c(C)noc3C)cc2C#N)CC1. The summed E-state index contributed by atoms with van der Waals surface area (Å²) in [5.74, 6) is 0.777. The minimum atomic E-state index is -0.560. The lowest BCUT2D eigenvalue weighted by molar-refractivity contribution is -0.0378. The van der Waals surface area contributed by atoms with Crippen molar-refractivity contribution in [2.45, 2.75) is 32.3 Å². The zero-order chi connectivity index (χ0) is 28.1. The number of amides is 2. The molecule has 8 nitrogen and oxygen atoms in total. The molecular formula is C32H33N5O3. The Morgan fingerprint density at radius 2 is 1.62 bits per heavy atom. The number of urea groups is 1. The van der Waals surface area contributed by atoms with E-state index in [1.54, 1.807) is 27.0 Å². The van der Waals surface area contributed by atoms with E-state index in [-0.39, 0.29) is 5.92 Å². The van der Waals surface area contributed by atoms with Crippen molar-refractivity contribution < 1.29 is 14.1 Å². The summed E-state index contributed by atoms with van der Waals surface area (Å²) in [5, 5.41) is 19.4. The first-order valence-corrected chi connectivity index (χ1v) is 13.4. The number of nitriles is 1. The Labute approximate surface area is 234 Å². The van der Waals surface area contributed by atoms with Crippen molar-refractivity contribution in [2.24, 2.45) is 5.92 Å². The average molecular weight is 536 g/mol. The molecular weight excluding hydrogens is 502 g/mol. The minimum absolute atomic E-state index is 0.248. The van der Waals surface area contributed by atoms with Gasteiger partial charge in [-0.1, -0.05) is 65.8 Å². The van der Waals surface area contributed by atoms with Crippen LogP contribution in [0.2, 0.25) is 0 Å². The number of aryl methyl sites for hydroxylation is 2. The first-order chi connectivity index (χ1) is 19.5. The maximum absolute atomic E-state index is 12.6. The normalized spacial score (nSPS) is 14.0. The van der Waals surface area contributed by atoms with E-state index in [0.717, 1.165) is 42.7 Å². The molecule has 0 atom stereocenters. The van der Waals surface area contributed by atoms with Crippen LogP contribution in [0.1, 0.15) is 41.0 Å². The Kier molecular flexibility index (Phi) is 7.85. The van der Waals surface area contributed by atoms with Gasteiger partial charge in [0.05, 0.1) is 11.3 Å². The monoisotopic (exact) mass is 535 g/mol. The fourth-order valence-electron chi connectivity index (χ4n) is 5.86. The molecule has 0 radical (unpaired) electrons. The van der Waals surface area contributed by atoms with Crippen LogP contribution >= 0.6 is 0 Å². The van der Waals surface area contributed by atoms with Crippen molar-refractivity contribution in [3.63, 3.8) is 0 Å². The second-order valence-corrected chi connectivity index (χ2v) is 10.1. The largest absolute Gasteiger partial charge is 0.370 e. The van der Waals surface area contributed by atoms with Gasteiger partial charge in [0, 0.05) is 25.9 Å². The smallest absolute Gasteiger partial charge is 0.323 e. The molecule has 0 aliphatic carbocycles. The molecule has 2 amide bonds. The minimum Gasteiger partial charge on any atom is -0.370 e. The number of carbonyl (C=O) groups excluding carboxylic acids is 1. The van der Waals surface area contributed by atoms with E-state index in [9.17, 15) is 10.1 Å². The fourth-order valence-corrected chi connectivity index (χ4v) is 5.86. The Morgan fingerprint density at radius 1 is 1.00 bits per heavy atom. The first kappa shape index (κ1) is 27.0. The van der Waals surface area contributed by atoms with Gasteiger partial charge in [0.25, 0.3) is 0 Å². The number of benzene rings is 3. The van der Waals surface area contributed by atoms with Crippen LogP contribution < -0.4 is 15.5 Å². The van der Waals surface area contributed by atoms with Gasteiger partial charge in [0.15, 0.2) is 5.76 Å². The maximum Gasteiger partial charge on any atom is 0.323 e. The number of nitrogens with zero attached hydrogens (tertiary/aromatic N) is 3. The van der Waals surface area contributed by atoms with Crippen LogP contribution in [0.4, 0.5) is 21.9 Å². The molecule has 0 spiro atoms. The summed E-state index contributed by atoms with van der Waals surface area (Å²) in [6.07, 6.45) is 1.78. The Bertz CT molecular complexity index is 1440. The van der Waals surface area contributed by atoms with Crippen LogP contribution in [0.25, 0.3) is 0 Å². The van der Waals surface area contributed by atoms with Crippen LogP contribution in [-0.2, 0) is 10.3 Å². The standard InChI is InChI=1S/C32H33N5O3/c1-22-30(23(2)40-36-22)35-31(38)34-28-14-15-29(24(20-28)21-33)37-18-16-27(17-19-37)32(39-3,25-10-6-4-7-11-25)26-12-8-5-9-13-26/h4-15,20,27H,16-19H2,1-3H3,(H2,34,35,38). The lowest BCUT2D eigenvalue weighted by Gasteiger charge is -2.45. The van der Waals surface area contributed by atoms with Gasteiger partial charge in [-0.15, -0.1) is 0 Å². The summed E-state index contributed by atoms with van der Waals surface area (Å²) in [5.41, 5.74) is 4.77. The van der Waals surface area contributed by atoms with Gasteiger partial charge in [-0.2, -0.15) is 5.26 Å². The average Bonchev–Trinajstić information content (AvgIpc) is 3.31. The number of ether oxygens (including phenoxy) is 1. The molecule has 1 aromatic heterocycles. The number of piperidine rings is 1. The molecule has 2 N–H and O–H groups in total. The predicted octanol–water partition coefficient (Wildman–Crippen LogP) is 6.61. The van der Waals surface area contributed by atoms with Gasteiger partial charge < -0.3 is 24.8 Å². The fraction of sp³-hybridized carbons (Fsp3) is 0.281. The summed E-state index contributed by atoms with van der Waals surface area (Å²) >= 11 is 0. The van der Waals surface area contributed by atoms with Gasteiger partial charge in [-0.25, -0.2) is 4.79 Å². The second kappa shape index (κ2) is 11.6. The topological polar surface area (TPSA) is 103 Å². The van der Waals surface area contributed by atoms with E-state index >= 15 is 0 Å². The number of hydrogen-bond donors (Lipinski definition) is 2. The molecule has 4 aromatic rings. The zero-order valence-corrected chi connectivity index (χ0v) is 23.0. The van der Waals surface area contributed by atoms with Crippen molar-refractivity contribution in [2.75, 3.05) is 35.7 Å². The maximum atomic E-state index is 12.6. The molecule has 0 unspecified atom stereocenters. The van der Waals surface area contributed by atoms with Crippen molar-refractivity contribution in [3.8, 4) is 6.07 Å². The van der Waals surface area contributed by atoms with E-state index < -0.39 is 11.6 Å². The lowest BCUT2D eigenvalue weighted by Crippen LogP contribution is -2.45. The zero-order valence-electron chi connectivity index (χ0n) is 23.0. The van der Waals surface area contributed by atoms with Gasteiger partial charge in [0.2, 0.25) is 0 Å². The summed E-state index contributed by atoms with van der Waals surface area (Å²) in [6, 6.07) is 28.2. The van der Waals surface area contributed by atoms with E-state index in [2.05, 4.69) is 75.3 Å². The molecule has 5 rings (SSSR count). The number of hydrogen-bond acceptors (Lipinski definition) is 6. The van der Waals surface area contributed by atoms with Gasteiger partial charge in [-0.05, 0) is 61.9 Å². The van der Waals surface area contributed by atoms with Crippen molar-refractivity contribution >= 4 is 23.1 Å². The highest BCUT2D eigenvalue weighted by atomic mass is 16.5. The summed E-state index contributed by atoms with van der Waals surface area (Å²) < 4.78 is 11.5. The highest BCUT2D eigenvalue weighted by molar-refractivity contribution is 6.00. The third-order valence-corrected chi connectivity index (χ3v) is 7.78. The molecule has 0 saturated carbocycles. The highest BCUT2D eigenvalue weighted by Gasteiger charge is 2.43. The van der Waals surface area contributed by atoms with Crippen molar-refractivity contribution in [3.05, 3.63) is 107 Å². The number of anilines is 3. The molecule has 8 heteroatoms. The Morgan fingerprint density at radius 3 is 2.15 bits per heavy atom. The van der Waals surface area contributed by atoms with E-state index in [4.69, 9.17) is 9.26 Å². The summed E-state index contributed by atoms with van der Waals surface area (Å²) in [6.45, 7) is 5.05. The van der Waals surface area contributed by atoms with E-state index in [1.807, 2.05) is 24.3 Å². The molecule has 0 bridgehead atoms. The number of aromatic nitrogens is 1. The summed E-state index contributed by atoms with van der Waals surface area (Å²) in [4.78, 5) is 14.8. The third-order valence-electron chi connectivity index (χ3n) is 7.78. The van der Waals surface area contributed by atoms with Crippen molar-refractivity contribution in [1.29, 1.82) is 5.26 Å². The lowest BCUT2D eigenvalue weighted by atomic mass is 9.71. The molecule has 3 aromatic carbocycles. The molecule has 1 saturated heterocycles.